The number of nitrogens with two attached hydrogens (primary N) is 1. The number of methoxy groups -OCH3 is 1. The Kier molecular flexibility index (Phi) is 4.04. The maximum absolute atomic E-state index is 13.3. The summed E-state index contributed by atoms with van der Waals surface area (Å²) in [5.74, 6) is -0.127. The number of ether oxygens (including phenoxy) is 1. The number of rotatable bonds is 4. The number of hydrogen-bond donors (Lipinski definition) is 2. The fraction of sp³-hybridized carbons (Fsp3) is 0.143. The summed E-state index contributed by atoms with van der Waals surface area (Å²) in [5.41, 5.74) is 5.84. The summed E-state index contributed by atoms with van der Waals surface area (Å²) >= 11 is 0. The van der Waals surface area contributed by atoms with E-state index in [1.54, 1.807) is 24.3 Å². The van der Waals surface area contributed by atoms with Gasteiger partial charge < -0.3 is 10.5 Å². The lowest BCUT2D eigenvalue weighted by Gasteiger charge is -2.12. The minimum Gasteiger partial charge on any atom is -0.497 e. The Morgan fingerprint density at radius 3 is 2.62 bits per heavy atom. The molecule has 0 atom stereocenters. The fourth-order valence-electron chi connectivity index (χ4n) is 1.85. The van der Waals surface area contributed by atoms with E-state index in [0.717, 1.165) is 12.1 Å². The van der Waals surface area contributed by atoms with E-state index in [1.807, 2.05) is 0 Å². The topological polar surface area (TPSA) is 81.4 Å². The summed E-state index contributed by atoms with van der Waals surface area (Å²) in [6.07, 6.45) is 0. The number of hydrogen-bond acceptors (Lipinski definition) is 4. The van der Waals surface area contributed by atoms with Crippen molar-refractivity contribution in [2.45, 2.75) is 11.8 Å². The van der Waals surface area contributed by atoms with E-state index in [-0.39, 0.29) is 16.1 Å². The molecule has 0 fully saturated rings. The highest BCUT2D eigenvalue weighted by Gasteiger charge is 2.19. The van der Waals surface area contributed by atoms with Crippen molar-refractivity contribution in [3.05, 3.63) is 47.8 Å². The zero-order valence-electron chi connectivity index (χ0n) is 11.6. The van der Waals surface area contributed by atoms with Gasteiger partial charge in [-0.25, -0.2) is 12.8 Å². The predicted octanol–water partition coefficient (Wildman–Crippen LogP) is 2.53. The van der Waals surface area contributed by atoms with Crippen molar-refractivity contribution in [3.8, 4) is 5.75 Å². The number of halogens is 1. The number of sulfonamides is 1. The van der Waals surface area contributed by atoms with Crippen molar-refractivity contribution >= 4 is 21.4 Å². The molecule has 112 valence electrons. The highest BCUT2D eigenvalue weighted by Crippen LogP contribution is 2.25. The lowest BCUT2D eigenvalue weighted by Crippen LogP contribution is -2.15. The van der Waals surface area contributed by atoms with Crippen molar-refractivity contribution in [1.29, 1.82) is 0 Å². The molecule has 0 aliphatic carbocycles. The first-order chi connectivity index (χ1) is 9.83. The average Bonchev–Trinajstić information content (AvgIpc) is 2.42. The highest BCUT2D eigenvalue weighted by atomic mass is 32.2. The van der Waals surface area contributed by atoms with Gasteiger partial charge in [-0.1, -0.05) is 6.07 Å². The molecule has 0 saturated carbocycles. The van der Waals surface area contributed by atoms with Gasteiger partial charge in [-0.3, -0.25) is 4.72 Å². The lowest BCUT2D eigenvalue weighted by molar-refractivity contribution is 0.415. The average molecular weight is 310 g/mol. The molecule has 5 nitrogen and oxygen atoms in total. The molecule has 0 aromatic heterocycles. The third-order valence-electron chi connectivity index (χ3n) is 2.91. The number of aryl methyl sites for hydroxylation is 1. The SMILES string of the molecule is COc1cccc(NS(=O)(=O)c2cc(N)c(F)cc2C)c1. The third-order valence-corrected chi connectivity index (χ3v) is 4.43. The molecule has 7 heteroatoms. The summed E-state index contributed by atoms with van der Waals surface area (Å²) in [6, 6.07) is 8.67. The second-order valence-electron chi connectivity index (χ2n) is 4.48. The van der Waals surface area contributed by atoms with Crippen LogP contribution in [0, 0.1) is 12.7 Å². The third kappa shape index (κ3) is 3.25. The van der Waals surface area contributed by atoms with Gasteiger partial charge in [0, 0.05) is 6.07 Å². The Morgan fingerprint density at radius 1 is 1.24 bits per heavy atom. The maximum atomic E-state index is 13.3. The summed E-state index contributed by atoms with van der Waals surface area (Å²) < 4.78 is 45.5. The number of anilines is 2. The van der Waals surface area contributed by atoms with Crippen LogP contribution in [0.1, 0.15) is 5.56 Å². The van der Waals surface area contributed by atoms with Crippen LogP contribution >= 0.6 is 0 Å². The van der Waals surface area contributed by atoms with Crippen LogP contribution in [0.15, 0.2) is 41.3 Å². The Morgan fingerprint density at radius 2 is 1.95 bits per heavy atom. The van der Waals surface area contributed by atoms with Gasteiger partial charge in [-0.15, -0.1) is 0 Å². The highest BCUT2D eigenvalue weighted by molar-refractivity contribution is 7.92. The zero-order chi connectivity index (χ0) is 15.6. The van der Waals surface area contributed by atoms with E-state index in [9.17, 15) is 12.8 Å². The quantitative estimate of drug-likeness (QED) is 0.850. The lowest BCUT2D eigenvalue weighted by atomic mass is 10.2. The van der Waals surface area contributed by atoms with Gasteiger partial charge in [-0.2, -0.15) is 0 Å². The Balaban J connectivity index is 2.40. The molecule has 0 spiro atoms. The fourth-order valence-corrected chi connectivity index (χ4v) is 3.17. The number of nitrogen functional groups attached to an aromatic ring is 1. The predicted molar refractivity (Wildman–Crippen MR) is 79.4 cm³/mol. The second-order valence-corrected chi connectivity index (χ2v) is 6.13. The Labute approximate surface area is 122 Å². The Hall–Kier alpha value is -2.28. The normalized spacial score (nSPS) is 11.2. The maximum Gasteiger partial charge on any atom is 0.262 e. The summed E-state index contributed by atoms with van der Waals surface area (Å²) in [4.78, 5) is -0.0655. The smallest absolute Gasteiger partial charge is 0.262 e. The van der Waals surface area contributed by atoms with Crippen molar-refractivity contribution in [2.24, 2.45) is 0 Å². The molecule has 0 saturated heterocycles. The van der Waals surface area contributed by atoms with Gasteiger partial charge in [0.2, 0.25) is 0 Å². The van der Waals surface area contributed by atoms with Gasteiger partial charge in [0.05, 0.1) is 23.4 Å². The minimum absolute atomic E-state index is 0.0655. The first kappa shape index (κ1) is 15.1. The van der Waals surface area contributed by atoms with Gasteiger partial charge in [-0.05, 0) is 36.8 Å². The number of benzene rings is 2. The van der Waals surface area contributed by atoms with Crippen LogP contribution in [-0.2, 0) is 10.0 Å². The molecule has 0 radical (unpaired) electrons. The van der Waals surface area contributed by atoms with Crippen LogP contribution in [-0.4, -0.2) is 15.5 Å². The molecule has 21 heavy (non-hydrogen) atoms. The zero-order valence-corrected chi connectivity index (χ0v) is 12.4. The first-order valence-electron chi connectivity index (χ1n) is 6.06. The molecule has 0 amide bonds. The van der Waals surface area contributed by atoms with Crippen molar-refractivity contribution < 1.29 is 17.5 Å². The van der Waals surface area contributed by atoms with Crippen LogP contribution in [0.2, 0.25) is 0 Å². The van der Waals surface area contributed by atoms with Crippen LogP contribution < -0.4 is 15.2 Å². The molecule has 0 aliphatic heterocycles. The molecule has 0 bridgehead atoms. The van der Waals surface area contributed by atoms with E-state index in [1.165, 1.54) is 14.0 Å². The van der Waals surface area contributed by atoms with Gasteiger partial charge in [0.1, 0.15) is 11.6 Å². The molecular formula is C14H15FN2O3S. The van der Waals surface area contributed by atoms with E-state index in [4.69, 9.17) is 10.5 Å². The van der Waals surface area contributed by atoms with Crippen molar-refractivity contribution in [1.82, 2.24) is 0 Å². The van der Waals surface area contributed by atoms with E-state index in [2.05, 4.69) is 4.72 Å². The second kappa shape index (κ2) is 5.61. The molecule has 0 unspecified atom stereocenters. The van der Waals surface area contributed by atoms with Gasteiger partial charge in [0.15, 0.2) is 0 Å². The standard InChI is InChI=1S/C14H15FN2O3S/c1-9-6-12(15)13(16)8-14(9)21(18,19)17-10-4-3-5-11(7-10)20-2/h3-8,17H,16H2,1-2H3. The van der Waals surface area contributed by atoms with E-state index < -0.39 is 15.8 Å². The van der Waals surface area contributed by atoms with Crippen LogP contribution in [0.5, 0.6) is 5.75 Å². The minimum atomic E-state index is -3.86. The van der Waals surface area contributed by atoms with Gasteiger partial charge >= 0.3 is 0 Å². The number of nitrogens with one attached hydrogen (secondary N) is 1. The van der Waals surface area contributed by atoms with Crippen LogP contribution in [0.4, 0.5) is 15.8 Å². The molecule has 3 N–H and O–H groups in total. The molecule has 0 heterocycles. The Bertz CT molecular complexity index is 776. The molecule has 0 aliphatic rings. The first-order valence-corrected chi connectivity index (χ1v) is 7.54. The van der Waals surface area contributed by atoms with Crippen LogP contribution in [0.3, 0.4) is 0 Å². The molecule has 2 aromatic carbocycles. The van der Waals surface area contributed by atoms with Crippen molar-refractivity contribution in [3.63, 3.8) is 0 Å². The van der Waals surface area contributed by atoms with Crippen molar-refractivity contribution in [2.75, 3.05) is 17.6 Å². The summed E-state index contributed by atoms with van der Waals surface area (Å²) in [7, 11) is -2.38. The largest absolute Gasteiger partial charge is 0.497 e. The molecule has 2 rings (SSSR count). The molecular weight excluding hydrogens is 295 g/mol. The summed E-state index contributed by atoms with van der Waals surface area (Å²) in [5, 5.41) is 0. The summed E-state index contributed by atoms with van der Waals surface area (Å²) in [6.45, 7) is 1.50. The van der Waals surface area contributed by atoms with Gasteiger partial charge in [0.25, 0.3) is 10.0 Å². The van der Waals surface area contributed by atoms with Crippen LogP contribution in [0.25, 0.3) is 0 Å². The van der Waals surface area contributed by atoms with E-state index >= 15 is 0 Å². The monoisotopic (exact) mass is 310 g/mol. The molecule has 2 aromatic rings. The van der Waals surface area contributed by atoms with E-state index in [0.29, 0.717) is 11.4 Å².